The Balaban J connectivity index is 1.26. The summed E-state index contributed by atoms with van der Waals surface area (Å²) < 4.78 is 0. The third kappa shape index (κ3) is 4.26. The average Bonchev–Trinajstić information content (AvgIpc) is 3.03. The number of quaternary nitrogens is 1. The molecule has 0 bridgehead atoms. The quantitative estimate of drug-likeness (QED) is 0.534. The first kappa shape index (κ1) is 20.6. The number of carbonyl (C=O) groups is 3. The van der Waals surface area contributed by atoms with Gasteiger partial charge in [0, 0.05) is 24.3 Å². The lowest BCUT2D eigenvalue weighted by Gasteiger charge is -2.33. The maximum Gasteiger partial charge on any atom is 0.233 e. The number of anilines is 2. The molecule has 2 N–H and O–H groups in total. The van der Waals surface area contributed by atoms with Crippen molar-refractivity contribution in [2.75, 3.05) is 49.5 Å². The Bertz CT molecular complexity index is 801. The van der Waals surface area contributed by atoms with Gasteiger partial charge in [0.05, 0.1) is 44.6 Å². The number of nitrogens with zero attached hydrogens (tertiary/aromatic N) is 2. The van der Waals surface area contributed by atoms with Gasteiger partial charge in [0.15, 0.2) is 0 Å². The molecule has 2 heterocycles. The molecule has 1 aromatic rings. The summed E-state index contributed by atoms with van der Waals surface area (Å²) in [6.45, 7) is 7.95. The molecule has 7 nitrogen and oxygen atoms in total. The molecule has 0 unspecified atom stereocenters. The second-order valence-electron chi connectivity index (χ2n) is 8.42. The summed E-state index contributed by atoms with van der Waals surface area (Å²) in [5, 5.41) is 2.88. The minimum absolute atomic E-state index is 0.119. The molecular weight excluding hydrogens is 380 g/mol. The number of benzene rings is 1. The first-order valence-corrected chi connectivity index (χ1v) is 11.1. The zero-order chi connectivity index (χ0) is 21.1. The first-order valence-electron chi connectivity index (χ1n) is 11.1. The number of piperazine rings is 1. The molecule has 2 saturated heterocycles. The molecule has 3 aliphatic rings. The fourth-order valence-corrected chi connectivity index (χ4v) is 4.72. The third-order valence-electron chi connectivity index (χ3n) is 6.65. The molecular formula is C23H31N4O3+. The summed E-state index contributed by atoms with van der Waals surface area (Å²) in [7, 11) is 0. The lowest BCUT2D eigenvalue weighted by molar-refractivity contribution is -0.898. The van der Waals surface area contributed by atoms with Crippen LogP contribution >= 0.6 is 0 Å². The van der Waals surface area contributed by atoms with Gasteiger partial charge in [-0.1, -0.05) is 12.2 Å². The highest BCUT2D eigenvalue weighted by molar-refractivity contribution is 6.05. The molecule has 2 atom stereocenters. The average molecular weight is 412 g/mol. The Morgan fingerprint density at radius 1 is 1.03 bits per heavy atom. The third-order valence-corrected chi connectivity index (χ3v) is 6.65. The summed E-state index contributed by atoms with van der Waals surface area (Å²) in [6.07, 6.45) is 5.31. The van der Waals surface area contributed by atoms with Crippen molar-refractivity contribution in [2.24, 2.45) is 11.8 Å². The lowest BCUT2D eigenvalue weighted by Crippen LogP contribution is -3.14. The highest BCUT2D eigenvalue weighted by atomic mass is 16.2. The fraction of sp³-hybridized carbons (Fsp3) is 0.522. The van der Waals surface area contributed by atoms with Crippen molar-refractivity contribution in [3.8, 4) is 0 Å². The normalized spacial score (nSPS) is 24.3. The van der Waals surface area contributed by atoms with Gasteiger partial charge in [0.1, 0.15) is 0 Å². The number of hydrogen-bond donors (Lipinski definition) is 2. The van der Waals surface area contributed by atoms with Crippen LogP contribution in [0.1, 0.15) is 26.2 Å². The van der Waals surface area contributed by atoms with Crippen LogP contribution in [0.3, 0.4) is 0 Å². The molecule has 7 heteroatoms. The number of carbonyl (C=O) groups excluding carboxylic acids is 3. The Labute approximate surface area is 177 Å². The van der Waals surface area contributed by atoms with E-state index in [1.165, 1.54) is 17.1 Å². The predicted octanol–water partition coefficient (Wildman–Crippen LogP) is 0.691. The number of allylic oxidation sites excluding steroid dienone is 2. The van der Waals surface area contributed by atoms with Crippen molar-refractivity contribution >= 4 is 29.1 Å². The zero-order valence-corrected chi connectivity index (χ0v) is 17.6. The molecule has 2 fully saturated rings. The molecule has 1 aromatic carbocycles. The van der Waals surface area contributed by atoms with E-state index in [2.05, 4.69) is 17.1 Å². The molecule has 3 amide bonds. The van der Waals surface area contributed by atoms with Crippen LogP contribution in [0.15, 0.2) is 36.4 Å². The molecule has 30 heavy (non-hydrogen) atoms. The van der Waals surface area contributed by atoms with Crippen LogP contribution in [0.2, 0.25) is 0 Å². The van der Waals surface area contributed by atoms with Crippen molar-refractivity contribution in [1.29, 1.82) is 0 Å². The Morgan fingerprint density at radius 2 is 1.63 bits per heavy atom. The van der Waals surface area contributed by atoms with Crippen LogP contribution in [0.5, 0.6) is 0 Å². The first-order chi connectivity index (χ1) is 14.6. The van der Waals surface area contributed by atoms with Crippen molar-refractivity contribution in [3.05, 3.63) is 36.4 Å². The SMILES string of the molecule is CC[NH+]1CCN(c2ccc(NC(=O)CCN3C(=O)[C@H]4CC=CC[C@@H]4C3=O)cc2)CC1. The minimum atomic E-state index is -0.237. The molecule has 0 spiro atoms. The highest BCUT2D eigenvalue weighted by Crippen LogP contribution is 2.35. The van der Waals surface area contributed by atoms with Gasteiger partial charge in [-0.3, -0.25) is 19.3 Å². The van der Waals surface area contributed by atoms with E-state index in [0.717, 1.165) is 31.9 Å². The number of hydrogen-bond acceptors (Lipinski definition) is 4. The molecule has 0 radical (unpaired) electrons. The minimum Gasteiger partial charge on any atom is -0.360 e. The smallest absolute Gasteiger partial charge is 0.233 e. The molecule has 0 aromatic heterocycles. The number of amides is 3. The molecule has 160 valence electrons. The van der Waals surface area contributed by atoms with E-state index in [9.17, 15) is 14.4 Å². The molecule has 4 rings (SSSR count). The van der Waals surface area contributed by atoms with Gasteiger partial charge in [-0.25, -0.2) is 0 Å². The van der Waals surface area contributed by atoms with Crippen LogP contribution < -0.4 is 15.1 Å². The maximum absolute atomic E-state index is 12.5. The summed E-state index contributed by atoms with van der Waals surface area (Å²) in [4.78, 5) is 42.6. The zero-order valence-electron chi connectivity index (χ0n) is 17.6. The van der Waals surface area contributed by atoms with Crippen molar-refractivity contribution in [2.45, 2.75) is 26.2 Å². The number of likely N-dealkylation sites (N-methyl/N-ethyl adjacent to an activating group) is 1. The number of rotatable bonds is 6. The predicted molar refractivity (Wildman–Crippen MR) is 115 cm³/mol. The van der Waals surface area contributed by atoms with E-state index in [-0.39, 0.29) is 42.5 Å². The topological polar surface area (TPSA) is 74.2 Å². The second-order valence-corrected chi connectivity index (χ2v) is 8.42. The van der Waals surface area contributed by atoms with E-state index in [4.69, 9.17) is 0 Å². The van der Waals surface area contributed by atoms with Gasteiger partial charge in [-0.05, 0) is 44.0 Å². The molecule has 0 saturated carbocycles. The number of imide groups is 1. The summed E-state index contributed by atoms with van der Waals surface area (Å²) in [6, 6.07) is 7.91. The number of nitrogens with one attached hydrogen (secondary N) is 2. The van der Waals surface area contributed by atoms with Crippen molar-refractivity contribution < 1.29 is 19.3 Å². The van der Waals surface area contributed by atoms with Gasteiger partial charge in [0.25, 0.3) is 0 Å². The van der Waals surface area contributed by atoms with Gasteiger partial charge >= 0.3 is 0 Å². The van der Waals surface area contributed by atoms with Gasteiger partial charge in [-0.15, -0.1) is 0 Å². The van der Waals surface area contributed by atoms with Crippen LogP contribution in [0.25, 0.3) is 0 Å². The van der Waals surface area contributed by atoms with Gasteiger partial charge in [-0.2, -0.15) is 0 Å². The highest BCUT2D eigenvalue weighted by Gasteiger charge is 2.46. The second kappa shape index (κ2) is 9.00. The van der Waals surface area contributed by atoms with E-state index in [1.807, 2.05) is 36.4 Å². The maximum atomic E-state index is 12.5. The Morgan fingerprint density at radius 3 is 2.20 bits per heavy atom. The summed E-state index contributed by atoms with van der Waals surface area (Å²) >= 11 is 0. The van der Waals surface area contributed by atoms with Gasteiger partial charge in [0.2, 0.25) is 17.7 Å². The van der Waals surface area contributed by atoms with Gasteiger partial charge < -0.3 is 15.1 Å². The van der Waals surface area contributed by atoms with Crippen molar-refractivity contribution in [1.82, 2.24) is 4.90 Å². The monoisotopic (exact) mass is 411 g/mol. The lowest BCUT2D eigenvalue weighted by atomic mass is 9.85. The largest absolute Gasteiger partial charge is 0.360 e. The number of likely N-dealkylation sites (tertiary alicyclic amines) is 1. The van der Waals surface area contributed by atoms with Crippen LogP contribution in [-0.2, 0) is 14.4 Å². The molecule has 2 aliphatic heterocycles. The fourth-order valence-electron chi connectivity index (χ4n) is 4.72. The van der Waals surface area contributed by atoms with E-state index < -0.39 is 0 Å². The van der Waals surface area contributed by atoms with Crippen LogP contribution in [-0.4, -0.2) is 61.9 Å². The van der Waals surface area contributed by atoms with E-state index >= 15 is 0 Å². The Kier molecular flexibility index (Phi) is 6.18. The Hall–Kier alpha value is -2.67. The van der Waals surface area contributed by atoms with Crippen LogP contribution in [0, 0.1) is 11.8 Å². The summed E-state index contributed by atoms with van der Waals surface area (Å²) in [5.74, 6) is -0.915. The standard InChI is InChI=1S/C23H30N4O3/c1-2-25-13-15-26(16-14-25)18-9-7-17(8-10-18)24-21(28)11-12-27-22(29)19-5-3-4-6-20(19)23(27)30/h3-4,7-10,19-20H,2,5-6,11-16H2,1H3,(H,24,28)/p+1/t19-,20-/m0/s1. The van der Waals surface area contributed by atoms with E-state index in [1.54, 1.807) is 4.90 Å². The summed E-state index contributed by atoms with van der Waals surface area (Å²) in [5.41, 5.74) is 1.91. The number of fused-ring (bicyclic) bond motifs is 1. The van der Waals surface area contributed by atoms with E-state index in [0.29, 0.717) is 12.8 Å². The molecule has 1 aliphatic carbocycles. The van der Waals surface area contributed by atoms with Crippen LogP contribution in [0.4, 0.5) is 11.4 Å². The van der Waals surface area contributed by atoms with Crippen molar-refractivity contribution in [3.63, 3.8) is 0 Å².